The normalized spacial score (nSPS) is 12.7. The maximum Gasteiger partial charge on any atom is 0.0363 e. The van der Waals surface area contributed by atoms with Crippen molar-refractivity contribution in [2.45, 2.75) is 33.6 Å². The molecule has 0 fully saturated rings. The zero-order valence-corrected chi connectivity index (χ0v) is 13.2. The van der Waals surface area contributed by atoms with Crippen LogP contribution in [0.5, 0.6) is 0 Å². The molecule has 0 aliphatic carbocycles. The molecular weight excluding hydrogens is 232 g/mol. The summed E-state index contributed by atoms with van der Waals surface area (Å²) in [7, 11) is 4.22. The third-order valence-electron chi connectivity index (χ3n) is 3.62. The minimum atomic E-state index is 0.713. The molecule has 0 aliphatic rings. The van der Waals surface area contributed by atoms with Gasteiger partial charge in [0, 0.05) is 19.3 Å². The van der Waals surface area contributed by atoms with Gasteiger partial charge in [0.2, 0.25) is 0 Å². The van der Waals surface area contributed by atoms with Crippen LogP contribution in [-0.4, -0.2) is 27.2 Å². The molecule has 1 unspecified atom stereocenters. The molecule has 2 nitrogen and oxygen atoms in total. The van der Waals surface area contributed by atoms with Crippen molar-refractivity contribution in [3.63, 3.8) is 0 Å². The molecule has 1 N–H and O–H groups in total. The number of hydrogen-bond donors (Lipinski definition) is 1. The van der Waals surface area contributed by atoms with E-state index in [1.165, 1.54) is 24.1 Å². The van der Waals surface area contributed by atoms with E-state index in [2.05, 4.69) is 62.3 Å². The van der Waals surface area contributed by atoms with Crippen molar-refractivity contribution in [2.24, 2.45) is 11.8 Å². The summed E-state index contributed by atoms with van der Waals surface area (Å²) in [6, 6.07) is 9.04. The average Bonchev–Trinajstić information content (AvgIpc) is 2.38. The van der Waals surface area contributed by atoms with Crippen molar-refractivity contribution in [1.29, 1.82) is 0 Å². The first-order valence-corrected chi connectivity index (χ1v) is 7.51. The summed E-state index contributed by atoms with van der Waals surface area (Å²) in [5.74, 6) is 1.44. The number of hydrogen-bond acceptors (Lipinski definition) is 2. The standard InChI is InChI=1S/C17H30N2/c1-6-15(12-18-4)13-19(5)17-9-7-16(8-10-17)11-14(2)3/h7-10,14-15,18H,6,11-13H2,1-5H3. The zero-order chi connectivity index (χ0) is 14.3. The maximum absolute atomic E-state index is 3.28. The molecular formula is C17H30N2. The highest BCUT2D eigenvalue weighted by Gasteiger charge is 2.09. The van der Waals surface area contributed by atoms with E-state index < -0.39 is 0 Å². The summed E-state index contributed by atoms with van der Waals surface area (Å²) in [5.41, 5.74) is 2.76. The fraction of sp³-hybridized carbons (Fsp3) is 0.647. The van der Waals surface area contributed by atoms with Crippen molar-refractivity contribution < 1.29 is 0 Å². The lowest BCUT2D eigenvalue weighted by Crippen LogP contribution is -2.31. The van der Waals surface area contributed by atoms with Gasteiger partial charge in [-0.3, -0.25) is 0 Å². The van der Waals surface area contributed by atoms with E-state index in [1.54, 1.807) is 0 Å². The van der Waals surface area contributed by atoms with Gasteiger partial charge in [0.25, 0.3) is 0 Å². The molecule has 0 radical (unpaired) electrons. The smallest absolute Gasteiger partial charge is 0.0363 e. The number of anilines is 1. The Kier molecular flexibility index (Phi) is 6.93. The molecule has 19 heavy (non-hydrogen) atoms. The van der Waals surface area contributed by atoms with Gasteiger partial charge in [-0.2, -0.15) is 0 Å². The van der Waals surface area contributed by atoms with Gasteiger partial charge < -0.3 is 10.2 Å². The Labute approximate surface area is 119 Å². The molecule has 0 saturated carbocycles. The molecule has 0 amide bonds. The van der Waals surface area contributed by atoms with Crippen molar-refractivity contribution >= 4 is 5.69 Å². The van der Waals surface area contributed by atoms with Gasteiger partial charge in [-0.25, -0.2) is 0 Å². The Morgan fingerprint density at radius 3 is 2.26 bits per heavy atom. The van der Waals surface area contributed by atoms with Crippen LogP contribution in [0.2, 0.25) is 0 Å². The summed E-state index contributed by atoms with van der Waals surface area (Å²) >= 11 is 0. The molecule has 2 heteroatoms. The van der Waals surface area contributed by atoms with Crippen LogP contribution in [0.4, 0.5) is 5.69 Å². The lowest BCUT2D eigenvalue weighted by Gasteiger charge is -2.25. The third kappa shape index (κ3) is 5.65. The largest absolute Gasteiger partial charge is 0.374 e. The van der Waals surface area contributed by atoms with Crippen LogP contribution in [-0.2, 0) is 6.42 Å². The van der Waals surface area contributed by atoms with E-state index in [0.29, 0.717) is 5.92 Å². The SMILES string of the molecule is CCC(CNC)CN(C)c1ccc(CC(C)C)cc1. The molecule has 0 saturated heterocycles. The number of benzene rings is 1. The van der Waals surface area contributed by atoms with Crippen LogP contribution in [0.15, 0.2) is 24.3 Å². The lowest BCUT2D eigenvalue weighted by atomic mass is 10.0. The molecule has 108 valence electrons. The zero-order valence-electron chi connectivity index (χ0n) is 13.2. The Morgan fingerprint density at radius 2 is 1.79 bits per heavy atom. The highest BCUT2D eigenvalue weighted by Crippen LogP contribution is 2.17. The molecule has 1 aromatic rings. The minimum absolute atomic E-state index is 0.713. The fourth-order valence-corrected chi connectivity index (χ4v) is 2.48. The van der Waals surface area contributed by atoms with E-state index in [1.807, 2.05) is 7.05 Å². The van der Waals surface area contributed by atoms with Crippen molar-refractivity contribution in [3.8, 4) is 0 Å². The average molecular weight is 262 g/mol. The van der Waals surface area contributed by atoms with E-state index in [4.69, 9.17) is 0 Å². The predicted octanol–water partition coefficient (Wildman–Crippen LogP) is 3.57. The predicted molar refractivity (Wildman–Crippen MR) is 86.0 cm³/mol. The Bertz CT molecular complexity index is 343. The third-order valence-corrected chi connectivity index (χ3v) is 3.62. The van der Waals surface area contributed by atoms with E-state index >= 15 is 0 Å². The summed E-state index contributed by atoms with van der Waals surface area (Å²) in [5, 5.41) is 3.28. The first-order valence-electron chi connectivity index (χ1n) is 7.51. The molecule has 1 aromatic carbocycles. The first kappa shape index (κ1) is 16.0. The topological polar surface area (TPSA) is 15.3 Å². The Morgan fingerprint density at radius 1 is 1.16 bits per heavy atom. The van der Waals surface area contributed by atoms with Gasteiger partial charge in [-0.1, -0.05) is 39.3 Å². The molecule has 0 spiro atoms. The number of nitrogens with zero attached hydrogens (tertiary/aromatic N) is 1. The fourth-order valence-electron chi connectivity index (χ4n) is 2.48. The van der Waals surface area contributed by atoms with Gasteiger partial charge >= 0.3 is 0 Å². The summed E-state index contributed by atoms with van der Waals surface area (Å²) in [4.78, 5) is 2.37. The molecule has 1 atom stereocenters. The molecule has 0 aliphatic heterocycles. The van der Waals surface area contributed by atoms with Crippen LogP contribution in [0, 0.1) is 11.8 Å². The lowest BCUT2D eigenvalue weighted by molar-refractivity contribution is 0.485. The first-order chi connectivity index (χ1) is 9.06. The highest BCUT2D eigenvalue weighted by atomic mass is 15.1. The van der Waals surface area contributed by atoms with Crippen LogP contribution in [0.25, 0.3) is 0 Å². The summed E-state index contributed by atoms with van der Waals surface area (Å²) < 4.78 is 0. The molecule has 0 aromatic heterocycles. The van der Waals surface area contributed by atoms with Gasteiger partial charge in [-0.05, 0) is 49.5 Å². The molecule has 0 heterocycles. The number of nitrogens with one attached hydrogen (secondary N) is 1. The second-order valence-corrected chi connectivity index (χ2v) is 5.98. The van der Waals surface area contributed by atoms with Gasteiger partial charge in [0.1, 0.15) is 0 Å². The highest BCUT2D eigenvalue weighted by molar-refractivity contribution is 5.47. The Balaban J connectivity index is 2.59. The second kappa shape index (κ2) is 8.21. The summed E-state index contributed by atoms with van der Waals surface area (Å²) in [6.07, 6.45) is 2.39. The van der Waals surface area contributed by atoms with E-state index in [0.717, 1.165) is 19.0 Å². The van der Waals surface area contributed by atoms with Gasteiger partial charge in [-0.15, -0.1) is 0 Å². The Hall–Kier alpha value is -1.02. The van der Waals surface area contributed by atoms with Crippen LogP contribution >= 0.6 is 0 Å². The molecule has 1 rings (SSSR count). The van der Waals surface area contributed by atoms with Crippen LogP contribution < -0.4 is 10.2 Å². The van der Waals surface area contributed by atoms with Crippen molar-refractivity contribution in [3.05, 3.63) is 29.8 Å². The quantitative estimate of drug-likeness (QED) is 0.770. The van der Waals surface area contributed by atoms with E-state index in [9.17, 15) is 0 Å². The monoisotopic (exact) mass is 262 g/mol. The van der Waals surface area contributed by atoms with E-state index in [-0.39, 0.29) is 0 Å². The van der Waals surface area contributed by atoms with Gasteiger partial charge in [0.05, 0.1) is 0 Å². The van der Waals surface area contributed by atoms with Crippen LogP contribution in [0.1, 0.15) is 32.8 Å². The molecule has 0 bridgehead atoms. The second-order valence-electron chi connectivity index (χ2n) is 5.98. The number of rotatable bonds is 8. The van der Waals surface area contributed by atoms with Crippen LogP contribution in [0.3, 0.4) is 0 Å². The van der Waals surface area contributed by atoms with Gasteiger partial charge in [0.15, 0.2) is 0 Å². The van der Waals surface area contributed by atoms with Crippen molar-refractivity contribution in [1.82, 2.24) is 5.32 Å². The summed E-state index contributed by atoms with van der Waals surface area (Å²) in [6.45, 7) is 9.00. The van der Waals surface area contributed by atoms with Crippen molar-refractivity contribution in [2.75, 3.05) is 32.1 Å². The minimum Gasteiger partial charge on any atom is -0.374 e. The maximum atomic E-state index is 3.28.